The van der Waals surface area contributed by atoms with Crippen LogP contribution >= 0.6 is 0 Å². The molecule has 82 valence electrons. The van der Waals surface area contributed by atoms with Crippen molar-refractivity contribution in [3.05, 3.63) is 0 Å². The first kappa shape index (κ1) is 11.5. The van der Waals surface area contributed by atoms with Crippen molar-refractivity contribution < 1.29 is 14.3 Å². The van der Waals surface area contributed by atoms with E-state index < -0.39 is 0 Å². The van der Waals surface area contributed by atoms with Gasteiger partial charge in [0.15, 0.2) is 0 Å². The van der Waals surface area contributed by atoms with Gasteiger partial charge in [0.1, 0.15) is 13.3 Å². The summed E-state index contributed by atoms with van der Waals surface area (Å²) in [4.78, 5) is 13.3. The van der Waals surface area contributed by atoms with Crippen molar-refractivity contribution in [2.75, 3.05) is 27.1 Å². The number of nitrogens with zero attached hydrogens (tertiary/aromatic N) is 1. The van der Waals surface area contributed by atoms with Gasteiger partial charge in [0.05, 0.1) is 12.6 Å². The third-order valence-corrected chi connectivity index (χ3v) is 2.80. The zero-order valence-electron chi connectivity index (χ0n) is 9.16. The number of hydrogen-bond donors (Lipinski definition) is 0. The van der Waals surface area contributed by atoms with Gasteiger partial charge >= 0.3 is 0 Å². The minimum atomic E-state index is 0.0309. The molecule has 1 heterocycles. The number of carbonyl (C=O) groups is 1. The van der Waals surface area contributed by atoms with Crippen molar-refractivity contribution in [2.45, 2.75) is 26.3 Å². The standard InChI is InChI=1S/C10H19NO3/c1-4-8(2)9-5-14-6-10(12)11(9)7-13-3/h8-9H,4-7H2,1-3H3/t8?,9-/m1/s1. The smallest absolute Gasteiger partial charge is 0.250 e. The van der Waals surface area contributed by atoms with E-state index in [-0.39, 0.29) is 18.6 Å². The molecular formula is C10H19NO3. The summed E-state index contributed by atoms with van der Waals surface area (Å²) in [5.41, 5.74) is 0. The molecule has 0 N–H and O–H groups in total. The van der Waals surface area contributed by atoms with E-state index in [1.165, 1.54) is 0 Å². The summed E-state index contributed by atoms with van der Waals surface area (Å²) >= 11 is 0. The van der Waals surface area contributed by atoms with Gasteiger partial charge in [0.2, 0.25) is 0 Å². The molecule has 1 aliphatic heterocycles. The fourth-order valence-electron chi connectivity index (χ4n) is 1.68. The summed E-state index contributed by atoms with van der Waals surface area (Å²) in [6.45, 7) is 5.45. The van der Waals surface area contributed by atoms with Gasteiger partial charge in [-0.1, -0.05) is 20.3 Å². The highest BCUT2D eigenvalue weighted by Crippen LogP contribution is 2.18. The molecule has 1 fully saturated rings. The average Bonchev–Trinajstić information content (AvgIpc) is 2.20. The Labute approximate surface area is 85.2 Å². The van der Waals surface area contributed by atoms with E-state index in [4.69, 9.17) is 9.47 Å². The summed E-state index contributed by atoms with van der Waals surface area (Å²) in [7, 11) is 1.61. The van der Waals surface area contributed by atoms with E-state index >= 15 is 0 Å². The van der Waals surface area contributed by atoms with Gasteiger partial charge in [-0.2, -0.15) is 0 Å². The molecule has 0 aromatic rings. The zero-order valence-corrected chi connectivity index (χ0v) is 9.16. The monoisotopic (exact) mass is 201 g/mol. The molecule has 1 saturated heterocycles. The molecule has 0 radical (unpaired) electrons. The van der Waals surface area contributed by atoms with Crippen LogP contribution in [0.2, 0.25) is 0 Å². The summed E-state index contributed by atoms with van der Waals surface area (Å²) in [5, 5.41) is 0. The topological polar surface area (TPSA) is 38.8 Å². The van der Waals surface area contributed by atoms with Crippen LogP contribution in [0.25, 0.3) is 0 Å². The predicted molar refractivity (Wildman–Crippen MR) is 52.8 cm³/mol. The van der Waals surface area contributed by atoms with Crippen molar-refractivity contribution in [3.8, 4) is 0 Å². The van der Waals surface area contributed by atoms with Gasteiger partial charge in [-0.3, -0.25) is 4.79 Å². The number of rotatable bonds is 4. The van der Waals surface area contributed by atoms with Crippen LogP contribution in [-0.4, -0.2) is 43.9 Å². The molecule has 1 aliphatic rings. The number of morpholine rings is 1. The number of hydrogen-bond acceptors (Lipinski definition) is 3. The second kappa shape index (κ2) is 5.32. The van der Waals surface area contributed by atoms with Crippen LogP contribution in [0.4, 0.5) is 0 Å². The van der Waals surface area contributed by atoms with E-state index in [9.17, 15) is 4.79 Å². The normalized spacial score (nSPS) is 25.2. The average molecular weight is 201 g/mol. The van der Waals surface area contributed by atoms with Gasteiger partial charge in [0.25, 0.3) is 5.91 Å². The molecular weight excluding hydrogens is 182 g/mol. The molecule has 0 saturated carbocycles. The largest absolute Gasteiger partial charge is 0.369 e. The lowest BCUT2D eigenvalue weighted by Gasteiger charge is -2.38. The Morgan fingerprint density at radius 3 is 3.00 bits per heavy atom. The second-order valence-corrected chi connectivity index (χ2v) is 3.75. The maximum atomic E-state index is 11.5. The van der Waals surface area contributed by atoms with E-state index in [2.05, 4.69) is 13.8 Å². The van der Waals surface area contributed by atoms with E-state index in [0.29, 0.717) is 19.3 Å². The minimum absolute atomic E-state index is 0.0309. The first-order valence-electron chi connectivity index (χ1n) is 5.06. The summed E-state index contributed by atoms with van der Waals surface area (Å²) in [5.74, 6) is 0.484. The van der Waals surface area contributed by atoms with E-state index in [0.717, 1.165) is 6.42 Å². The van der Waals surface area contributed by atoms with Crippen molar-refractivity contribution in [1.82, 2.24) is 4.90 Å². The van der Waals surface area contributed by atoms with Crippen LogP contribution in [0, 0.1) is 5.92 Å². The molecule has 1 unspecified atom stereocenters. The highest BCUT2D eigenvalue weighted by molar-refractivity contribution is 5.78. The lowest BCUT2D eigenvalue weighted by Crippen LogP contribution is -2.52. The zero-order chi connectivity index (χ0) is 10.6. The number of amides is 1. The molecule has 0 spiro atoms. The van der Waals surface area contributed by atoms with Crippen LogP contribution in [0.15, 0.2) is 0 Å². The van der Waals surface area contributed by atoms with Crippen LogP contribution in [-0.2, 0) is 14.3 Å². The third kappa shape index (κ3) is 2.45. The minimum Gasteiger partial charge on any atom is -0.369 e. The Balaban J connectivity index is 2.64. The summed E-state index contributed by atoms with van der Waals surface area (Å²) in [6, 6.07) is 0.168. The second-order valence-electron chi connectivity index (χ2n) is 3.75. The molecule has 2 atom stereocenters. The Hall–Kier alpha value is -0.610. The molecule has 1 amide bonds. The number of carbonyl (C=O) groups excluding carboxylic acids is 1. The van der Waals surface area contributed by atoms with E-state index in [1.54, 1.807) is 12.0 Å². The van der Waals surface area contributed by atoms with Gasteiger partial charge < -0.3 is 14.4 Å². The highest BCUT2D eigenvalue weighted by Gasteiger charge is 2.31. The van der Waals surface area contributed by atoms with Gasteiger partial charge in [-0.25, -0.2) is 0 Å². The fraction of sp³-hybridized carbons (Fsp3) is 0.900. The van der Waals surface area contributed by atoms with Crippen LogP contribution in [0.5, 0.6) is 0 Å². The molecule has 0 aromatic heterocycles. The number of methoxy groups -OCH3 is 1. The lowest BCUT2D eigenvalue weighted by atomic mass is 9.98. The van der Waals surface area contributed by atoms with Crippen molar-refractivity contribution >= 4 is 5.91 Å². The Kier molecular flexibility index (Phi) is 4.35. The Bertz CT molecular complexity index is 196. The Morgan fingerprint density at radius 2 is 2.43 bits per heavy atom. The molecule has 4 heteroatoms. The predicted octanol–water partition coefficient (Wildman–Crippen LogP) is 0.864. The highest BCUT2D eigenvalue weighted by atomic mass is 16.5. The van der Waals surface area contributed by atoms with Crippen molar-refractivity contribution in [2.24, 2.45) is 5.92 Å². The first-order valence-corrected chi connectivity index (χ1v) is 5.06. The summed E-state index contributed by atoms with van der Waals surface area (Å²) < 4.78 is 10.3. The van der Waals surface area contributed by atoms with Crippen molar-refractivity contribution in [3.63, 3.8) is 0 Å². The first-order chi connectivity index (χ1) is 6.70. The number of ether oxygens (including phenoxy) is 2. The van der Waals surface area contributed by atoms with Gasteiger partial charge in [-0.05, 0) is 5.92 Å². The third-order valence-electron chi connectivity index (χ3n) is 2.80. The van der Waals surface area contributed by atoms with Crippen LogP contribution in [0.3, 0.4) is 0 Å². The molecule has 14 heavy (non-hydrogen) atoms. The van der Waals surface area contributed by atoms with Crippen LogP contribution < -0.4 is 0 Å². The molecule has 0 bridgehead atoms. The summed E-state index contributed by atoms with van der Waals surface area (Å²) in [6.07, 6.45) is 1.04. The van der Waals surface area contributed by atoms with Crippen LogP contribution in [0.1, 0.15) is 20.3 Å². The Morgan fingerprint density at radius 1 is 1.71 bits per heavy atom. The maximum absolute atomic E-state index is 11.5. The lowest BCUT2D eigenvalue weighted by molar-refractivity contribution is -0.158. The SMILES string of the molecule is CCC(C)[C@H]1COCC(=O)N1COC. The molecule has 0 aliphatic carbocycles. The quantitative estimate of drug-likeness (QED) is 0.677. The van der Waals surface area contributed by atoms with E-state index in [1.807, 2.05) is 0 Å². The van der Waals surface area contributed by atoms with Crippen molar-refractivity contribution in [1.29, 1.82) is 0 Å². The molecule has 1 rings (SSSR count). The molecule has 4 nitrogen and oxygen atoms in total. The van der Waals surface area contributed by atoms with Gasteiger partial charge in [-0.15, -0.1) is 0 Å². The molecule has 0 aromatic carbocycles. The maximum Gasteiger partial charge on any atom is 0.250 e. The fourth-order valence-corrected chi connectivity index (χ4v) is 1.68. The van der Waals surface area contributed by atoms with Gasteiger partial charge in [0, 0.05) is 7.11 Å².